The van der Waals surface area contributed by atoms with Gasteiger partial charge in [0.15, 0.2) is 0 Å². The van der Waals surface area contributed by atoms with Crippen molar-refractivity contribution in [3.63, 3.8) is 0 Å². The van der Waals surface area contributed by atoms with E-state index in [-0.39, 0.29) is 20.8 Å². The number of halogens is 3. The summed E-state index contributed by atoms with van der Waals surface area (Å²) in [6.07, 6.45) is 0. The number of rotatable bonds is 1. The first-order valence-corrected chi connectivity index (χ1v) is 5.33. The Labute approximate surface area is 93.8 Å². The summed E-state index contributed by atoms with van der Waals surface area (Å²) < 4.78 is 26.9. The number of benzene rings is 1. The van der Waals surface area contributed by atoms with Gasteiger partial charge in [-0.1, -0.05) is 11.6 Å². The molecular weight excluding hydrogens is 240 g/mol. The maximum atomic E-state index is 13.4. The molecular formula is C10H6ClF2NS. The lowest BCUT2D eigenvalue weighted by Gasteiger charge is -1.94. The molecule has 1 aromatic heterocycles. The van der Waals surface area contributed by atoms with Gasteiger partial charge in [0.1, 0.15) is 11.6 Å². The SMILES string of the molecule is CC(=N)c1sc2c(F)ccc(F)c2c1Cl. The van der Waals surface area contributed by atoms with Crippen molar-refractivity contribution < 1.29 is 8.78 Å². The molecule has 1 aromatic carbocycles. The predicted molar refractivity (Wildman–Crippen MR) is 59.3 cm³/mol. The van der Waals surface area contributed by atoms with E-state index in [0.29, 0.717) is 4.88 Å². The molecule has 0 saturated heterocycles. The number of thiophene rings is 1. The van der Waals surface area contributed by atoms with Crippen LogP contribution < -0.4 is 0 Å². The van der Waals surface area contributed by atoms with Gasteiger partial charge in [0.05, 0.1) is 20.0 Å². The van der Waals surface area contributed by atoms with Gasteiger partial charge in [-0.05, 0) is 19.1 Å². The van der Waals surface area contributed by atoms with Gasteiger partial charge in [0.2, 0.25) is 0 Å². The van der Waals surface area contributed by atoms with Crippen molar-refractivity contribution in [2.75, 3.05) is 0 Å². The van der Waals surface area contributed by atoms with Crippen LogP contribution in [0.5, 0.6) is 0 Å². The highest BCUT2D eigenvalue weighted by Crippen LogP contribution is 2.38. The fourth-order valence-electron chi connectivity index (χ4n) is 1.34. The summed E-state index contributed by atoms with van der Waals surface area (Å²) in [5.74, 6) is -1.06. The van der Waals surface area contributed by atoms with E-state index in [2.05, 4.69) is 0 Å². The molecule has 0 saturated carbocycles. The van der Waals surface area contributed by atoms with Crippen molar-refractivity contribution in [2.24, 2.45) is 0 Å². The van der Waals surface area contributed by atoms with Crippen LogP contribution in [0.1, 0.15) is 11.8 Å². The molecule has 78 valence electrons. The number of nitrogens with one attached hydrogen (secondary N) is 1. The van der Waals surface area contributed by atoms with Crippen LogP contribution in [-0.2, 0) is 0 Å². The van der Waals surface area contributed by atoms with E-state index in [0.717, 1.165) is 23.5 Å². The minimum Gasteiger partial charge on any atom is -0.304 e. The van der Waals surface area contributed by atoms with E-state index in [9.17, 15) is 8.78 Å². The summed E-state index contributed by atoms with van der Waals surface area (Å²) >= 11 is 6.89. The Morgan fingerprint density at radius 2 is 1.93 bits per heavy atom. The zero-order chi connectivity index (χ0) is 11.2. The molecule has 2 rings (SSSR count). The van der Waals surface area contributed by atoms with Gasteiger partial charge in [-0.15, -0.1) is 11.3 Å². The minimum atomic E-state index is -0.555. The molecule has 0 radical (unpaired) electrons. The van der Waals surface area contributed by atoms with Crippen LogP contribution in [0.3, 0.4) is 0 Å². The molecule has 2 aromatic rings. The smallest absolute Gasteiger partial charge is 0.141 e. The first-order valence-electron chi connectivity index (χ1n) is 4.14. The summed E-state index contributed by atoms with van der Waals surface area (Å²) in [7, 11) is 0. The molecule has 0 atom stereocenters. The molecule has 0 bridgehead atoms. The summed E-state index contributed by atoms with van der Waals surface area (Å²) in [5, 5.41) is 7.63. The predicted octanol–water partition coefficient (Wildman–Crippen LogP) is 4.22. The van der Waals surface area contributed by atoms with Gasteiger partial charge in [-0.25, -0.2) is 8.78 Å². The Hall–Kier alpha value is -1.00. The largest absolute Gasteiger partial charge is 0.304 e. The van der Waals surface area contributed by atoms with Crippen molar-refractivity contribution >= 4 is 38.7 Å². The van der Waals surface area contributed by atoms with E-state index < -0.39 is 11.6 Å². The van der Waals surface area contributed by atoms with Crippen LogP contribution in [-0.4, -0.2) is 5.71 Å². The second-order valence-electron chi connectivity index (χ2n) is 3.10. The summed E-state index contributed by atoms with van der Waals surface area (Å²) in [6.45, 7) is 1.53. The average Bonchev–Trinajstić information content (AvgIpc) is 2.51. The summed E-state index contributed by atoms with van der Waals surface area (Å²) in [4.78, 5) is 0.413. The highest BCUT2D eigenvalue weighted by molar-refractivity contribution is 7.21. The van der Waals surface area contributed by atoms with E-state index in [4.69, 9.17) is 17.0 Å². The fraction of sp³-hybridized carbons (Fsp3) is 0.100. The molecule has 15 heavy (non-hydrogen) atoms. The van der Waals surface area contributed by atoms with Crippen LogP contribution in [0.4, 0.5) is 8.78 Å². The molecule has 1 heterocycles. The number of fused-ring (bicyclic) bond motifs is 1. The van der Waals surface area contributed by atoms with Crippen molar-refractivity contribution in [1.29, 1.82) is 5.41 Å². The van der Waals surface area contributed by atoms with Gasteiger partial charge < -0.3 is 5.41 Å². The van der Waals surface area contributed by atoms with Crippen LogP contribution in [0, 0.1) is 17.0 Å². The van der Waals surface area contributed by atoms with Gasteiger partial charge in [0, 0.05) is 5.71 Å². The molecule has 0 unspecified atom stereocenters. The zero-order valence-corrected chi connectivity index (χ0v) is 9.27. The van der Waals surface area contributed by atoms with Crippen LogP contribution in [0.15, 0.2) is 12.1 Å². The summed E-state index contributed by atoms with van der Waals surface area (Å²) in [5.41, 5.74) is 0.208. The fourth-order valence-corrected chi connectivity index (χ4v) is 2.85. The van der Waals surface area contributed by atoms with Crippen LogP contribution >= 0.6 is 22.9 Å². The van der Waals surface area contributed by atoms with Crippen molar-refractivity contribution in [1.82, 2.24) is 0 Å². The van der Waals surface area contributed by atoms with E-state index in [1.165, 1.54) is 6.92 Å². The maximum Gasteiger partial charge on any atom is 0.141 e. The molecule has 0 spiro atoms. The third-order valence-corrected chi connectivity index (χ3v) is 3.83. The van der Waals surface area contributed by atoms with Crippen molar-refractivity contribution in [3.05, 3.63) is 33.7 Å². The van der Waals surface area contributed by atoms with Gasteiger partial charge in [0.25, 0.3) is 0 Å². The summed E-state index contributed by atoms with van der Waals surface area (Å²) in [6, 6.07) is 2.10. The molecule has 5 heteroatoms. The normalized spacial score (nSPS) is 10.9. The lowest BCUT2D eigenvalue weighted by Crippen LogP contribution is -1.86. The number of hydrogen-bond acceptors (Lipinski definition) is 2. The van der Waals surface area contributed by atoms with E-state index in [1.54, 1.807) is 0 Å². The quantitative estimate of drug-likeness (QED) is 0.728. The van der Waals surface area contributed by atoms with E-state index in [1.807, 2.05) is 0 Å². The van der Waals surface area contributed by atoms with Crippen LogP contribution in [0.2, 0.25) is 5.02 Å². The average molecular weight is 246 g/mol. The molecule has 0 amide bonds. The Bertz CT molecular complexity index is 562. The Morgan fingerprint density at radius 1 is 1.33 bits per heavy atom. The molecule has 0 fully saturated rings. The highest BCUT2D eigenvalue weighted by Gasteiger charge is 2.17. The van der Waals surface area contributed by atoms with Gasteiger partial charge >= 0.3 is 0 Å². The molecule has 1 N–H and O–H groups in total. The van der Waals surface area contributed by atoms with Gasteiger partial charge in [-0.3, -0.25) is 0 Å². The standard InChI is InChI=1S/C10H6ClF2NS/c1-4(14)9-8(11)7-5(12)2-3-6(13)10(7)15-9/h2-3,14H,1H3. The number of hydrogen-bond donors (Lipinski definition) is 1. The molecule has 1 nitrogen and oxygen atoms in total. The molecule has 0 aliphatic heterocycles. The Morgan fingerprint density at radius 3 is 2.47 bits per heavy atom. The van der Waals surface area contributed by atoms with Gasteiger partial charge in [-0.2, -0.15) is 0 Å². The second-order valence-corrected chi connectivity index (χ2v) is 4.50. The lowest BCUT2D eigenvalue weighted by molar-refractivity contribution is 0.619. The molecule has 0 aliphatic rings. The highest BCUT2D eigenvalue weighted by atomic mass is 35.5. The Kier molecular flexibility index (Phi) is 2.48. The van der Waals surface area contributed by atoms with Crippen molar-refractivity contribution in [3.8, 4) is 0 Å². The topological polar surface area (TPSA) is 23.9 Å². The first kappa shape index (κ1) is 10.5. The van der Waals surface area contributed by atoms with Crippen molar-refractivity contribution in [2.45, 2.75) is 6.92 Å². The third-order valence-electron chi connectivity index (χ3n) is 2.02. The first-order chi connectivity index (χ1) is 7.02. The monoisotopic (exact) mass is 245 g/mol. The third kappa shape index (κ3) is 1.54. The maximum absolute atomic E-state index is 13.4. The Balaban J connectivity index is 2.93. The lowest BCUT2D eigenvalue weighted by atomic mass is 10.2. The van der Waals surface area contributed by atoms with E-state index >= 15 is 0 Å². The zero-order valence-electron chi connectivity index (χ0n) is 7.70. The van der Waals surface area contributed by atoms with Crippen LogP contribution in [0.25, 0.3) is 10.1 Å². The second kappa shape index (κ2) is 3.54. The minimum absolute atomic E-state index is 0.0725. The molecule has 0 aliphatic carbocycles.